The Morgan fingerprint density at radius 3 is 2.25 bits per heavy atom. The number of hydrogen-bond donors (Lipinski definition) is 1. The van der Waals surface area contributed by atoms with Crippen molar-refractivity contribution in [1.29, 1.82) is 0 Å². The molecule has 2 unspecified atom stereocenters. The molecule has 0 aliphatic carbocycles. The first-order chi connectivity index (χ1) is 9.33. The molecule has 20 heavy (non-hydrogen) atoms. The van der Waals surface area contributed by atoms with Crippen LogP contribution in [0.25, 0.3) is 0 Å². The zero-order valence-electron chi connectivity index (χ0n) is 13.2. The molecule has 1 aliphatic heterocycles. The Labute approximate surface area is 126 Å². The Hall–Kier alpha value is -0.810. The van der Waals surface area contributed by atoms with Crippen LogP contribution in [0.5, 0.6) is 0 Å². The second-order valence-electron chi connectivity index (χ2n) is 6.66. The number of hydrogen-bond acceptors (Lipinski definition) is 5. The average molecular weight is 294 g/mol. The minimum absolute atomic E-state index is 0.119. The van der Waals surface area contributed by atoms with E-state index in [4.69, 9.17) is 0 Å². The van der Waals surface area contributed by atoms with Crippen LogP contribution in [0.4, 0.5) is 5.95 Å². The second kappa shape index (κ2) is 6.31. The third-order valence-corrected chi connectivity index (χ3v) is 4.44. The van der Waals surface area contributed by atoms with Gasteiger partial charge in [-0.15, -0.1) is 0 Å². The minimum Gasteiger partial charge on any atom is -0.339 e. The van der Waals surface area contributed by atoms with Crippen molar-refractivity contribution in [3.05, 3.63) is 18.0 Å². The summed E-state index contributed by atoms with van der Waals surface area (Å²) in [5, 5.41) is 4.74. The van der Waals surface area contributed by atoms with E-state index in [2.05, 4.69) is 54.8 Å². The third kappa shape index (κ3) is 4.63. The lowest BCUT2D eigenvalue weighted by atomic mass is 10.1. The van der Waals surface area contributed by atoms with Gasteiger partial charge in [0.2, 0.25) is 5.95 Å². The van der Waals surface area contributed by atoms with Crippen LogP contribution in [0, 0.1) is 0 Å². The summed E-state index contributed by atoms with van der Waals surface area (Å²) in [6, 6.07) is 0. The summed E-state index contributed by atoms with van der Waals surface area (Å²) in [5.74, 6) is 0.864. The summed E-state index contributed by atoms with van der Waals surface area (Å²) < 4.78 is 0. The largest absolute Gasteiger partial charge is 0.339 e. The van der Waals surface area contributed by atoms with E-state index in [0.29, 0.717) is 10.5 Å². The van der Waals surface area contributed by atoms with E-state index in [1.807, 2.05) is 24.2 Å². The van der Waals surface area contributed by atoms with Crippen LogP contribution in [-0.2, 0) is 6.54 Å². The highest BCUT2D eigenvalue weighted by Crippen LogP contribution is 2.26. The average Bonchev–Trinajstić information content (AvgIpc) is 2.35. The van der Waals surface area contributed by atoms with Crippen molar-refractivity contribution in [3.63, 3.8) is 0 Å². The summed E-state index contributed by atoms with van der Waals surface area (Å²) >= 11 is 2.05. The third-order valence-electron chi connectivity index (χ3n) is 3.22. The quantitative estimate of drug-likeness (QED) is 0.928. The molecule has 0 spiro atoms. The predicted octanol–water partition coefficient (Wildman–Crippen LogP) is 2.69. The highest BCUT2D eigenvalue weighted by atomic mass is 32.2. The zero-order valence-corrected chi connectivity index (χ0v) is 14.0. The summed E-state index contributed by atoms with van der Waals surface area (Å²) in [5.41, 5.74) is 1.25. The summed E-state index contributed by atoms with van der Waals surface area (Å²) in [4.78, 5) is 11.4. The second-order valence-corrected chi connectivity index (χ2v) is 8.54. The van der Waals surface area contributed by atoms with Gasteiger partial charge in [0, 0.05) is 53.6 Å². The van der Waals surface area contributed by atoms with Gasteiger partial charge in [0.05, 0.1) is 0 Å². The maximum Gasteiger partial charge on any atom is 0.225 e. The van der Waals surface area contributed by atoms with E-state index < -0.39 is 0 Å². The molecule has 0 radical (unpaired) electrons. The molecule has 112 valence electrons. The van der Waals surface area contributed by atoms with Crippen molar-refractivity contribution < 1.29 is 0 Å². The SMILES string of the molecule is CC1CN(c2ncc(CNC(C)(C)C)cn2)CC(C)S1. The molecule has 1 N–H and O–H groups in total. The summed E-state index contributed by atoms with van der Waals surface area (Å²) in [7, 11) is 0. The fraction of sp³-hybridized carbons (Fsp3) is 0.733. The van der Waals surface area contributed by atoms with Gasteiger partial charge in [-0.1, -0.05) is 13.8 Å². The van der Waals surface area contributed by atoms with E-state index in [9.17, 15) is 0 Å². The molecule has 0 saturated carbocycles. The number of rotatable bonds is 3. The zero-order chi connectivity index (χ0) is 14.8. The molecule has 0 aromatic carbocycles. The number of anilines is 1. The van der Waals surface area contributed by atoms with Crippen molar-refractivity contribution in [1.82, 2.24) is 15.3 Å². The van der Waals surface area contributed by atoms with Gasteiger partial charge >= 0.3 is 0 Å². The molecule has 0 amide bonds. The fourth-order valence-corrected chi connectivity index (χ4v) is 3.64. The molecule has 5 heteroatoms. The first kappa shape index (κ1) is 15.6. The Balaban J connectivity index is 1.97. The molecule has 2 rings (SSSR count). The fourth-order valence-electron chi connectivity index (χ4n) is 2.31. The summed E-state index contributed by atoms with van der Waals surface area (Å²) in [6.07, 6.45) is 3.89. The maximum absolute atomic E-state index is 4.54. The van der Waals surface area contributed by atoms with Crippen LogP contribution < -0.4 is 10.2 Å². The number of aromatic nitrogens is 2. The lowest BCUT2D eigenvalue weighted by Crippen LogP contribution is -2.41. The van der Waals surface area contributed by atoms with Crippen molar-refractivity contribution in [2.75, 3.05) is 18.0 Å². The first-order valence-electron chi connectivity index (χ1n) is 7.30. The first-order valence-corrected chi connectivity index (χ1v) is 8.24. The molecule has 1 saturated heterocycles. The molecule has 0 bridgehead atoms. The molecule has 1 fully saturated rings. The molecule has 2 heterocycles. The Kier molecular flexibility index (Phi) is 4.91. The van der Waals surface area contributed by atoms with Crippen molar-refractivity contribution >= 4 is 17.7 Å². The van der Waals surface area contributed by atoms with Gasteiger partial charge in [0.15, 0.2) is 0 Å². The van der Waals surface area contributed by atoms with Crippen LogP contribution >= 0.6 is 11.8 Å². The Morgan fingerprint density at radius 1 is 1.20 bits per heavy atom. The normalized spacial score (nSPS) is 23.9. The van der Waals surface area contributed by atoms with Crippen LogP contribution in [0.1, 0.15) is 40.2 Å². The lowest BCUT2D eigenvalue weighted by molar-refractivity contribution is 0.423. The van der Waals surface area contributed by atoms with Crippen LogP contribution in [-0.4, -0.2) is 39.1 Å². The van der Waals surface area contributed by atoms with Gasteiger partial charge in [-0.2, -0.15) is 11.8 Å². The van der Waals surface area contributed by atoms with Gasteiger partial charge in [0.25, 0.3) is 0 Å². The number of thioether (sulfide) groups is 1. The van der Waals surface area contributed by atoms with Crippen LogP contribution in [0.2, 0.25) is 0 Å². The molecule has 4 nitrogen and oxygen atoms in total. The highest BCUT2D eigenvalue weighted by Gasteiger charge is 2.23. The smallest absolute Gasteiger partial charge is 0.225 e. The predicted molar refractivity (Wildman–Crippen MR) is 87.4 cm³/mol. The van der Waals surface area contributed by atoms with Crippen LogP contribution in [0.15, 0.2) is 12.4 Å². The molecular weight excluding hydrogens is 268 g/mol. The van der Waals surface area contributed by atoms with E-state index in [1.54, 1.807) is 0 Å². The standard InChI is InChI=1S/C15H26N4S/c1-11-9-19(10-12(2)20-11)14-16-6-13(7-17-14)8-18-15(3,4)5/h6-7,11-12,18H,8-10H2,1-5H3. The Morgan fingerprint density at radius 2 is 1.75 bits per heavy atom. The Bertz CT molecular complexity index is 416. The topological polar surface area (TPSA) is 41.1 Å². The van der Waals surface area contributed by atoms with E-state index in [-0.39, 0.29) is 5.54 Å². The van der Waals surface area contributed by atoms with Gasteiger partial charge < -0.3 is 10.2 Å². The number of nitrogens with zero attached hydrogens (tertiary/aromatic N) is 3. The molecule has 1 aromatic rings. The van der Waals surface area contributed by atoms with Gasteiger partial charge in [-0.05, 0) is 20.8 Å². The monoisotopic (exact) mass is 294 g/mol. The van der Waals surface area contributed by atoms with Crippen molar-refractivity contribution in [2.45, 2.75) is 57.2 Å². The minimum atomic E-state index is 0.119. The molecule has 1 aliphatic rings. The maximum atomic E-state index is 4.54. The van der Waals surface area contributed by atoms with Gasteiger partial charge in [-0.3, -0.25) is 0 Å². The lowest BCUT2D eigenvalue weighted by Gasteiger charge is -2.34. The van der Waals surface area contributed by atoms with E-state index in [1.165, 1.54) is 0 Å². The van der Waals surface area contributed by atoms with E-state index >= 15 is 0 Å². The molecule has 1 aromatic heterocycles. The van der Waals surface area contributed by atoms with E-state index in [0.717, 1.165) is 31.1 Å². The van der Waals surface area contributed by atoms with Crippen LogP contribution in [0.3, 0.4) is 0 Å². The van der Waals surface area contributed by atoms with Crippen molar-refractivity contribution in [2.24, 2.45) is 0 Å². The molecule has 2 atom stereocenters. The van der Waals surface area contributed by atoms with Gasteiger partial charge in [-0.25, -0.2) is 9.97 Å². The van der Waals surface area contributed by atoms with Crippen molar-refractivity contribution in [3.8, 4) is 0 Å². The number of nitrogens with one attached hydrogen (secondary N) is 1. The highest BCUT2D eigenvalue weighted by molar-refractivity contribution is 8.00. The molecular formula is C15H26N4S. The van der Waals surface area contributed by atoms with Gasteiger partial charge in [0.1, 0.15) is 0 Å². The summed E-state index contributed by atoms with van der Waals surface area (Å²) in [6.45, 7) is 13.9.